The molecule has 1 unspecified atom stereocenters. The Morgan fingerprint density at radius 3 is 2.95 bits per heavy atom. The highest BCUT2D eigenvalue weighted by molar-refractivity contribution is 9.10. The quantitative estimate of drug-likeness (QED) is 0.632. The fourth-order valence-corrected chi connectivity index (χ4v) is 2.50. The molecule has 19 heavy (non-hydrogen) atoms. The number of halogens is 1. The third-order valence-corrected chi connectivity index (χ3v) is 3.68. The second kappa shape index (κ2) is 6.65. The molecule has 1 fully saturated rings. The number of aromatic nitrogens is 1. The van der Waals surface area contributed by atoms with E-state index in [1.165, 1.54) is 0 Å². The molecular formula is C13H18BrNO4. The standard InChI is InChI=1S/C13H18BrNO4/c1-17-4-5-19-10-6-11(15-12(14)7-10)13(8-16)2-3-18-9-13/h6-7,16H,2-5,8-9H2,1H3. The minimum Gasteiger partial charge on any atom is -0.491 e. The van der Waals surface area contributed by atoms with Crippen LogP contribution in [0.1, 0.15) is 12.1 Å². The molecule has 1 aliphatic rings. The van der Waals surface area contributed by atoms with Crippen molar-refractivity contribution in [2.24, 2.45) is 0 Å². The van der Waals surface area contributed by atoms with Crippen LogP contribution in [0.15, 0.2) is 16.7 Å². The van der Waals surface area contributed by atoms with Crippen LogP contribution in [-0.4, -0.2) is 50.2 Å². The van der Waals surface area contributed by atoms with Gasteiger partial charge in [0, 0.05) is 25.8 Å². The van der Waals surface area contributed by atoms with Crippen molar-refractivity contribution in [3.05, 3.63) is 22.4 Å². The van der Waals surface area contributed by atoms with Crippen molar-refractivity contribution < 1.29 is 19.3 Å². The maximum absolute atomic E-state index is 9.67. The van der Waals surface area contributed by atoms with E-state index in [2.05, 4.69) is 20.9 Å². The Morgan fingerprint density at radius 2 is 2.32 bits per heavy atom. The average molecular weight is 332 g/mol. The van der Waals surface area contributed by atoms with Crippen LogP contribution < -0.4 is 4.74 Å². The summed E-state index contributed by atoms with van der Waals surface area (Å²) in [4.78, 5) is 4.45. The van der Waals surface area contributed by atoms with E-state index in [0.717, 1.165) is 12.1 Å². The molecule has 1 aliphatic heterocycles. The van der Waals surface area contributed by atoms with E-state index in [1.54, 1.807) is 13.2 Å². The Bertz CT molecular complexity index is 421. The van der Waals surface area contributed by atoms with Crippen molar-refractivity contribution in [1.29, 1.82) is 0 Å². The topological polar surface area (TPSA) is 60.8 Å². The van der Waals surface area contributed by atoms with Gasteiger partial charge in [0.15, 0.2) is 0 Å². The molecule has 0 amide bonds. The molecule has 1 atom stereocenters. The molecule has 2 rings (SSSR count). The van der Waals surface area contributed by atoms with Crippen LogP contribution >= 0.6 is 15.9 Å². The van der Waals surface area contributed by atoms with Crippen LogP contribution in [0.4, 0.5) is 0 Å². The van der Waals surface area contributed by atoms with Crippen molar-refractivity contribution in [2.45, 2.75) is 11.8 Å². The first kappa shape index (κ1) is 14.7. The number of methoxy groups -OCH3 is 1. The van der Waals surface area contributed by atoms with Gasteiger partial charge < -0.3 is 19.3 Å². The third kappa shape index (κ3) is 3.45. The van der Waals surface area contributed by atoms with Gasteiger partial charge in [-0.2, -0.15) is 0 Å². The Balaban J connectivity index is 2.20. The summed E-state index contributed by atoms with van der Waals surface area (Å²) in [5, 5.41) is 9.67. The molecule has 1 aromatic rings. The van der Waals surface area contributed by atoms with Gasteiger partial charge in [0.05, 0.1) is 30.9 Å². The van der Waals surface area contributed by atoms with Crippen molar-refractivity contribution in [3.8, 4) is 5.75 Å². The fraction of sp³-hybridized carbons (Fsp3) is 0.615. The monoisotopic (exact) mass is 331 g/mol. The van der Waals surface area contributed by atoms with Crippen molar-refractivity contribution >= 4 is 15.9 Å². The SMILES string of the molecule is COCCOc1cc(Br)nc(C2(CO)CCOC2)c1. The molecule has 1 aromatic heterocycles. The van der Waals surface area contributed by atoms with E-state index < -0.39 is 5.41 Å². The molecule has 5 nitrogen and oxygen atoms in total. The summed E-state index contributed by atoms with van der Waals surface area (Å²) in [6, 6.07) is 3.67. The van der Waals surface area contributed by atoms with Gasteiger partial charge >= 0.3 is 0 Å². The zero-order chi connectivity index (χ0) is 13.7. The molecule has 6 heteroatoms. The molecule has 0 aliphatic carbocycles. The van der Waals surface area contributed by atoms with Crippen LogP contribution in [-0.2, 0) is 14.9 Å². The van der Waals surface area contributed by atoms with Crippen molar-refractivity contribution in [1.82, 2.24) is 4.98 Å². The fourth-order valence-electron chi connectivity index (χ4n) is 2.09. The normalized spacial score (nSPS) is 22.7. The smallest absolute Gasteiger partial charge is 0.123 e. The molecule has 1 N–H and O–H groups in total. The molecule has 2 heterocycles. The minimum atomic E-state index is -0.414. The van der Waals surface area contributed by atoms with Gasteiger partial charge in [0.1, 0.15) is 17.0 Å². The highest BCUT2D eigenvalue weighted by atomic mass is 79.9. The van der Waals surface area contributed by atoms with Gasteiger partial charge in [0.25, 0.3) is 0 Å². The van der Waals surface area contributed by atoms with E-state index in [1.807, 2.05) is 6.07 Å². The average Bonchev–Trinajstić information content (AvgIpc) is 2.88. The Kier molecular flexibility index (Phi) is 5.15. The summed E-state index contributed by atoms with van der Waals surface area (Å²) in [5.74, 6) is 0.716. The van der Waals surface area contributed by atoms with Gasteiger partial charge in [-0.05, 0) is 22.4 Å². The number of hydrogen-bond acceptors (Lipinski definition) is 5. The molecule has 0 aromatic carbocycles. The van der Waals surface area contributed by atoms with Crippen LogP contribution in [0, 0.1) is 0 Å². The summed E-state index contributed by atoms with van der Waals surface area (Å²) in [5.41, 5.74) is 0.387. The maximum atomic E-state index is 9.67. The predicted molar refractivity (Wildman–Crippen MR) is 73.5 cm³/mol. The first-order valence-corrected chi connectivity index (χ1v) is 6.98. The first-order chi connectivity index (χ1) is 9.20. The second-order valence-electron chi connectivity index (χ2n) is 4.59. The molecular weight excluding hydrogens is 314 g/mol. The van der Waals surface area contributed by atoms with Crippen LogP contribution in [0.25, 0.3) is 0 Å². The van der Waals surface area contributed by atoms with E-state index in [0.29, 0.717) is 36.8 Å². The molecule has 0 spiro atoms. The number of pyridine rings is 1. The van der Waals surface area contributed by atoms with Crippen LogP contribution in [0.5, 0.6) is 5.75 Å². The third-order valence-electron chi connectivity index (χ3n) is 3.27. The van der Waals surface area contributed by atoms with E-state index >= 15 is 0 Å². The van der Waals surface area contributed by atoms with Crippen LogP contribution in [0.3, 0.4) is 0 Å². The van der Waals surface area contributed by atoms with Crippen LogP contribution in [0.2, 0.25) is 0 Å². The lowest BCUT2D eigenvalue weighted by molar-refractivity contribution is 0.137. The lowest BCUT2D eigenvalue weighted by Gasteiger charge is -2.24. The van der Waals surface area contributed by atoms with Gasteiger partial charge in [-0.1, -0.05) is 0 Å². The van der Waals surface area contributed by atoms with Gasteiger partial charge in [-0.15, -0.1) is 0 Å². The van der Waals surface area contributed by atoms with Gasteiger partial charge in [0.2, 0.25) is 0 Å². The Hall–Kier alpha value is -0.690. The number of nitrogens with zero attached hydrogens (tertiary/aromatic N) is 1. The number of rotatable bonds is 6. The van der Waals surface area contributed by atoms with Crippen molar-refractivity contribution in [2.75, 3.05) is 40.1 Å². The Labute approximate surface area is 121 Å². The summed E-state index contributed by atoms with van der Waals surface area (Å²) in [6.07, 6.45) is 0.768. The van der Waals surface area contributed by atoms with Crippen molar-refractivity contribution in [3.63, 3.8) is 0 Å². The molecule has 0 saturated carbocycles. The largest absolute Gasteiger partial charge is 0.491 e. The number of ether oxygens (including phenoxy) is 3. The number of aliphatic hydroxyl groups excluding tert-OH is 1. The zero-order valence-electron chi connectivity index (χ0n) is 10.9. The highest BCUT2D eigenvalue weighted by Crippen LogP contribution is 2.34. The minimum absolute atomic E-state index is 0.0218. The molecule has 0 bridgehead atoms. The van der Waals surface area contributed by atoms with E-state index in [9.17, 15) is 5.11 Å². The molecule has 106 valence electrons. The molecule has 0 radical (unpaired) electrons. The lowest BCUT2D eigenvalue weighted by atomic mass is 9.84. The second-order valence-corrected chi connectivity index (χ2v) is 5.41. The lowest BCUT2D eigenvalue weighted by Crippen LogP contribution is -2.32. The van der Waals surface area contributed by atoms with E-state index in [4.69, 9.17) is 14.2 Å². The van der Waals surface area contributed by atoms with E-state index in [-0.39, 0.29) is 6.61 Å². The number of hydrogen-bond donors (Lipinski definition) is 1. The first-order valence-electron chi connectivity index (χ1n) is 6.18. The van der Waals surface area contributed by atoms with Gasteiger partial charge in [-0.25, -0.2) is 4.98 Å². The summed E-state index contributed by atoms with van der Waals surface area (Å²) in [6.45, 7) is 2.17. The highest BCUT2D eigenvalue weighted by Gasteiger charge is 2.38. The summed E-state index contributed by atoms with van der Waals surface area (Å²) in [7, 11) is 1.63. The zero-order valence-corrected chi connectivity index (χ0v) is 12.5. The number of aliphatic hydroxyl groups is 1. The predicted octanol–water partition coefficient (Wildman–Crippen LogP) is 1.52. The maximum Gasteiger partial charge on any atom is 0.123 e. The summed E-state index contributed by atoms with van der Waals surface area (Å²) < 4.78 is 16.7. The van der Waals surface area contributed by atoms with Gasteiger partial charge in [-0.3, -0.25) is 0 Å². The molecule has 1 saturated heterocycles. The Morgan fingerprint density at radius 1 is 1.47 bits per heavy atom. The summed E-state index contributed by atoms with van der Waals surface area (Å²) >= 11 is 3.38.